The molecule has 0 bridgehead atoms. The van der Waals surface area contributed by atoms with Crippen LogP contribution in [-0.4, -0.2) is 66.0 Å². The van der Waals surface area contributed by atoms with E-state index in [2.05, 4.69) is 9.88 Å². The lowest BCUT2D eigenvalue weighted by atomic mass is 9.97. The molecule has 1 atom stereocenters. The summed E-state index contributed by atoms with van der Waals surface area (Å²) >= 11 is 0. The van der Waals surface area contributed by atoms with Gasteiger partial charge in [0.2, 0.25) is 11.8 Å². The van der Waals surface area contributed by atoms with Crippen molar-refractivity contribution >= 4 is 22.7 Å². The minimum absolute atomic E-state index is 0.0535. The molecule has 1 N–H and O–H groups in total. The summed E-state index contributed by atoms with van der Waals surface area (Å²) < 4.78 is 5.34. The Balaban J connectivity index is 1.41. The van der Waals surface area contributed by atoms with Gasteiger partial charge in [0.25, 0.3) is 0 Å². The number of fused-ring (bicyclic) bond motifs is 1. The van der Waals surface area contributed by atoms with E-state index in [0.717, 1.165) is 55.7 Å². The minimum atomic E-state index is -0.355. The molecular weight excluding hydrogens is 318 g/mol. The van der Waals surface area contributed by atoms with Crippen LogP contribution in [0.15, 0.2) is 30.5 Å². The first-order chi connectivity index (χ1) is 12.2. The van der Waals surface area contributed by atoms with Gasteiger partial charge in [0.05, 0.1) is 19.1 Å². The van der Waals surface area contributed by atoms with Crippen molar-refractivity contribution in [2.45, 2.75) is 18.8 Å². The van der Waals surface area contributed by atoms with Crippen LogP contribution in [0, 0.1) is 0 Å². The van der Waals surface area contributed by atoms with E-state index in [1.165, 1.54) is 4.90 Å². The maximum Gasteiger partial charge on any atom is 0.237 e. The van der Waals surface area contributed by atoms with Crippen molar-refractivity contribution < 1.29 is 14.3 Å². The molecule has 25 heavy (non-hydrogen) atoms. The second kappa shape index (κ2) is 6.98. The number of carbonyl (C=O) groups excluding carboxylic acids is 2. The summed E-state index contributed by atoms with van der Waals surface area (Å²) in [5.41, 5.74) is 1.94. The summed E-state index contributed by atoms with van der Waals surface area (Å²) in [6.45, 7) is 4.81. The molecule has 3 heterocycles. The fourth-order valence-corrected chi connectivity index (χ4v) is 3.82. The van der Waals surface area contributed by atoms with Gasteiger partial charge in [0.1, 0.15) is 0 Å². The molecule has 2 amide bonds. The lowest BCUT2D eigenvalue weighted by molar-refractivity contribution is -0.138. The number of aromatic amines is 1. The summed E-state index contributed by atoms with van der Waals surface area (Å²) in [5, 5.41) is 1.03. The van der Waals surface area contributed by atoms with Gasteiger partial charge in [-0.2, -0.15) is 0 Å². The number of imide groups is 1. The molecule has 0 spiro atoms. The smallest absolute Gasteiger partial charge is 0.237 e. The van der Waals surface area contributed by atoms with Crippen molar-refractivity contribution in [3.8, 4) is 0 Å². The van der Waals surface area contributed by atoms with Gasteiger partial charge in [-0.25, -0.2) is 0 Å². The molecule has 4 rings (SSSR count). The second-order valence-corrected chi connectivity index (χ2v) is 6.74. The van der Waals surface area contributed by atoms with Gasteiger partial charge in [0.15, 0.2) is 0 Å². The summed E-state index contributed by atoms with van der Waals surface area (Å²) in [6, 6.07) is 7.91. The number of hydrogen-bond donors (Lipinski definition) is 1. The van der Waals surface area contributed by atoms with E-state index in [1.807, 2.05) is 30.5 Å². The number of likely N-dealkylation sites (tertiary alicyclic amines) is 1. The number of para-hydroxylation sites is 1. The van der Waals surface area contributed by atoms with Crippen molar-refractivity contribution in [2.75, 3.05) is 39.4 Å². The zero-order valence-electron chi connectivity index (χ0n) is 14.2. The number of ether oxygens (including phenoxy) is 1. The quantitative estimate of drug-likeness (QED) is 0.841. The third-order valence-corrected chi connectivity index (χ3v) is 5.20. The number of amides is 2. The zero-order chi connectivity index (χ0) is 17.2. The van der Waals surface area contributed by atoms with E-state index in [0.29, 0.717) is 6.54 Å². The van der Waals surface area contributed by atoms with Crippen LogP contribution in [0.25, 0.3) is 10.9 Å². The van der Waals surface area contributed by atoms with Crippen molar-refractivity contribution in [3.05, 3.63) is 36.0 Å². The Hall–Kier alpha value is -2.18. The summed E-state index contributed by atoms with van der Waals surface area (Å²) in [4.78, 5) is 32.1. The predicted molar refractivity (Wildman–Crippen MR) is 94.3 cm³/mol. The molecular formula is C19H23N3O3. The fraction of sp³-hybridized carbons (Fsp3) is 0.474. The van der Waals surface area contributed by atoms with E-state index in [1.54, 1.807) is 0 Å². The van der Waals surface area contributed by atoms with Gasteiger partial charge in [0, 0.05) is 49.7 Å². The average Bonchev–Trinajstić information content (AvgIpc) is 3.18. The van der Waals surface area contributed by atoms with Crippen LogP contribution in [0.4, 0.5) is 0 Å². The van der Waals surface area contributed by atoms with Crippen LogP contribution < -0.4 is 0 Å². The van der Waals surface area contributed by atoms with Crippen molar-refractivity contribution in [1.82, 2.24) is 14.8 Å². The molecule has 1 unspecified atom stereocenters. The van der Waals surface area contributed by atoms with Gasteiger partial charge >= 0.3 is 0 Å². The molecule has 2 aliphatic rings. The van der Waals surface area contributed by atoms with Crippen LogP contribution >= 0.6 is 0 Å². The number of benzene rings is 1. The molecule has 6 heteroatoms. The van der Waals surface area contributed by atoms with Gasteiger partial charge in [-0.15, -0.1) is 0 Å². The normalized spacial score (nSPS) is 22.2. The molecule has 0 saturated carbocycles. The largest absolute Gasteiger partial charge is 0.379 e. The number of rotatable bonds is 5. The Labute approximate surface area is 146 Å². The Kier molecular flexibility index (Phi) is 4.55. The lowest BCUT2D eigenvalue weighted by Crippen LogP contribution is -2.39. The van der Waals surface area contributed by atoms with E-state index < -0.39 is 0 Å². The van der Waals surface area contributed by atoms with Crippen molar-refractivity contribution in [2.24, 2.45) is 0 Å². The molecule has 2 fully saturated rings. The molecule has 2 aromatic rings. The van der Waals surface area contributed by atoms with Crippen LogP contribution in [0.3, 0.4) is 0 Å². The molecule has 2 saturated heterocycles. The van der Waals surface area contributed by atoms with E-state index in [9.17, 15) is 9.59 Å². The second-order valence-electron chi connectivity index (χ2n) is 6.74. The molecule has 0 radical (unpaired) electrons. The average molecular weight is 341 g/mol. The third kappa shape index (κ3) is 3.19. The lowest BCUT2D eigenvalue weighted by Gasteiger charge is -2.27. The number of carbonyl (C=O) groups is 2. The Bertz CT molecular complexity index is 779. The molecule has 132 valence electrons. The monoisotopic (exact) mass is 341 g/mol. The third-order valence-electron chi connectivity index (χ3n) is 5.20. The minimum Gasteiger partial charge on any atom is -0.379 e. The van der Waals surface area contributed by atoms with Gasteiger partial charge in [-0.3, -0.25) is 19.4 Å². The highest BCUT2D eigenvalue weighted by molar-refractivity contribution is 6.07. The topological polar surface area (TPSA) is 65.6 Å². The number of nitrogens with zero attached hydrogens (tertiary/aromatic N) is 2. The Morgan fingerprint density at radius 2 is 1.92 bits per heavy atom. The van der Waals surface area contributed by atoms with E-state index >= 15 is 0 Å². The first-order valence-corrected chi connectivity index (χ1v) is 8.94. The maximum atomic E-state index is 12.8. The molecule has 1 aromatic carbocycles. The molecule has 2 aliphatic heterocycles. The van der Waals surface area contributed by atoms with E-state index in [-0.39, 0.29) is 24.2 Å². The highest BCUT2D eigenvalue weighted by Crippen LogP contribution is 2.34. The molecule has 0 aliphatic carbocycles. The van der Waals surface area contributed by atoms with Crippen LogP contribution in [0.5, 0.6) is 0 Å². The van der Waals surface area contributed by atoms with Gasteiger partial charge in [-0.1, -0.05) is 18.2 Å². The fourth-order valence-electron chi connectivity index (χ4n) is 3.82. The van der Waals surface area contributed by atoms with E-state index in [4.69, 9.17) is 4.74 Å². The number of nitrogens with one attached hydrogen (secondary N) is 1. The molecule has 6 nitrogen and oxygen atoms in total. The highest BCUT2D eigenvalue weighted by atomic mass is 16.5. The predicted octanol–water partition coefficient (Wildman–Crippen LogP) is 1.73. The SMILES string of the molecule is O=C1CC(c2c[nH]c3ccccc23)C(=O)N1CCCN1CCOCC1. The standard InChI is InChI=1S/C19H23N3O3/c23-18-12-15(16-13-20-17-5-2-1-4-14(16)17)19(24)22(18)7-3-6-21-8-10-25-11-9-21/h1-2,4-5,13,15,20H,3,6-12H2. The van der Waals surface area contributed by atoms with Crippen LogP contribution in [0.2, 0.25) is 0 Å². The molecule has 1 aromatic heterocycles. The zero-order valence-corrected chi connectivity index (χ0v) is 14.2. The Morgan fingerprint density at radius 1 is 1.12 bits per heavy atom. The summed E-state index contributed by atoms with van der Waals surface area (Å²) in [6.07, 6.45) is 2.97. The van der Waals surface area contributed by atoms with Gasteiger partial charge < -0.3 is 9.72 Å². The number of aromatic nitrogens is 1. The van der Waals surface area contributed by atoms with Crippen molar-refractivity contribution in [1.29, 1.82) is 0 Å². The van der Waals surface area contributed by atoms with Crippen LogP contribution in [-0.2, 0) is 14.3 Å². The number of hydrogen-bond acceptors (Lipinski definition) is 4. The first kappa shape index (κ1) is 16.3. The number of H-pyrrole nitrogens is 1. The highest BCUT2D eigenvalue weighted by Gasteiger charge is 2.40. The van der Waals surface area contributed by atoms with Crippen molar-refractivity contribution in [3.63, 3.8) is 0 Å². The maximum absolute atomic E-state index is 12.8. The summed E-state index contributed by atoms with van der Waals surface area (Å²) in [5.74, 6) is -0.467. The summed E-state index contributed by atoms with van der Waals surface area (Å²) in [7, 11) is 0. The first-order valence-electron chi connectivity index (χ1n) is 8.94. The number of morpholine rings is 1. The Morgan fingerprint density at radius 3 is 2.76 bits per heavy atom. The van der Waals surface area contributed by atoms with Gasteiger partial charge in [-0.05, 0) is 18.1 Å². The van der Waals surface area contributed by atoms with Crippen LogP contribution in [0.1, 0.15) is 24.3 Å².